The zero-order chi connectivity index (χ0) is 21.4. The largest absolute Gasteiger partial charge is 0.467 e. The molecule has 30 heavy (non-hydrogen) atoms. The van der Waals surface area contributed by atoms with Gasteiger partial charge < -0.3 is 29.1 Å². The second-order valence-corrected chi connectivity index (χ2v) is 9.73. The van der Waals surface area contributed by atoms with Crippen LogP contribution in [-0.2, 0) is 25.5 Å². The molecule has 1 aromatic rings. The molecule has 0 spiro atoms. The van der Waals surface area contributed by atoms with Crippen LogP contribution in [0.25, 0.3) is 0 Å². The van der Waals surface area contributed by atoms with E-state index in [2.05, 4.69) is 19.2 Å². The number of fused-ring (bicyclic) bond motifs is 3. The average molecular weight is 422 g/mol. The van der Waals surface area contributed by atoms with Gasteiger partial charge in [-0.2, -0.15) is 0 Å². The van der Waals surface area contributed by atoms with Crippen LogP contribution < -0.4 is 5.32 Å². The van der Waals surface area contributed by atoms with Gasteiger partial charge in [0, 0.05) is 18.9 Å². The van der Waals surface area contributed by atoms with E-state index in [0.29, 0.717) is 38.5 Å². The topological polar surface area (TPSA) is 90.2 Å². The molecule has 7 nitrogen and oxygen atoms in total. The molecule has 1 amide bonds. The maximum atomic E-state index is 12.7. The normalized spacial score (nSPS) is 41.0. The molecule has 0 aromatic carbocycles. The Hall–Kier alpha value is -1.41. The SMILES string of the molecule is COCC1OCC2(C)C(CCC3(C)C(CC(=O)NCc4ccco4)C(O)CCC23)O1. The molecule has 3 aliphatic rings. The fourth-order valence-corrected chi connectivity index (χ4v) is 6.38. The molecule has 1 saturated heterocycles. The minimum absolute atomic E-state index is 0.0408. The number of furan rings is 1. The Bertz CT molecular complexity index is 723. The van der Waals surface area contributed by atoms with E-state index < -0.39 is 6.10 Å². The number of ether oxygens (including phenoxy) is 3. The van der Waals surface area contributed by atoms with Crippen LogP contribution in [0.1, 0.15) is 51.7 Å². The predicted molar refractivity (Wildman–Crippen MR) is 109 cm³/mol. The molecule has 7 atom stereocenters. The molecule has 1 aromatic heterocycles. The monoisotopic (exact) mass is 421 g/mol. The maximum absolute atomic E-state index is 12.7. The van der Waals surface area contributed by atoms with Crippen molar-refractivity contribution >= 4 is 5.91 Å². The molecule has 2 heterocycles. The highest BCUT2D eigenvalue weighted by Crippen LogP contribution is 2.62. The van der Waals surface area contributed by atoms with Crippen molar-refractivity contribution in [2.45, 2.75) is 71.0 Å². The van der Waals surface area contributed by atoms with Gasteiger partial charge in [-0.05, 0) is 55.1 Å². The second kappa shape index (κ2) is 8.61. The van der Waals surface area contributed by atoms with Gasteiger partial charge in [-0.25, -0.2) is 0 Å². The zero-order valence-electron chi connectivity index (χ0n) is 18.3. The summed E-state index contributed by atoms with van der Waals surface area (Å²) >= 11 is 0. The van der Waals surface area contributed by atoms with E-state index in [1.165, 1.54) is 0 Å². The standard InChI is InChI=1S/C23H35NO6/c1-22-9-8-19-23(2,14-29-21(30-19)13-27-3)18(22)7-6-17(25)16(22)11-20(26)24-12-15-5-4-10-28-15/h4-5,10,16-19,21,25H,6-9,11-14H2,1-3H3,(H,24,26). The Balaban J connectivity index is 1.46. The lowest BCUT2D eigenvalue weighted by molar-refractivity contribution is -0.315. The summed E-state index contributed by atoms with van der Waals surface area (Å²) in [6.07, 6.45) is 4.74. The van der Waals surface area contributed by atoms with Gasteiger partial charge in [-0.1, -0.05) is 13.8 Å². The van der Waals surface area contributed by atoms with Crippen LogP contribution in [0.2, 0.25) is 0 Å². The lowest BCUT2D eigenvalue weighted by atomic mass is 9.46. The third-order valence-electron chi connectivity index (χ3n) is 7.98. The molecule has 3 fully saturated rings. The first-order chi connectivity index (χ1) is 14.4. The smallest absolute Gasteiger partial charge is 0.220 e. The number of hydrogen-bond acceptors (Lipinski definition) is 6. The first-order valence-corrected chi connectivity index (χ1v) is 11.1. The van der Waals surface area contributed by atoms with Crippen LogP contribution in [0.3, 0.4) is 0 Å². The summed E-state index contributed by atoms with van der Waals surface area (Å²) in [6.45, 7) is 5.95. The van der Waals surface area contributed by atoms with E-state index in [9.17, 15) is 9.90 Å². The number of carbonyl (C=O) groups is 1. The summed E-state index contributed by atoms with van der Waals surface area (Å²) < 4.78 is 22.8. The Morgan fingerprint density at radius 2 is 2.13 bits per heavy atom. The number of aliphatic hydroxyl groups is 1. The van der Waals surface area contributed by atoms with Gasteiger partial charge >= 0.3 is 0 Å². The van der Waals surface area contributed by atoms with Gasteiger partial charge in [0.25, 0.3) is 0 Å². The van der Waals surface area contributed by atoms with Crippen LogP contribution in [0, 0.1) is 22.7 Å². The van der Waals surface area contributed by atoms with Crippen molar-refractivity contribution in [1.82, 2.24) is 5.32 Å². The summed E-state index contributed by atoms with van der Waals surface area (Å²) in [5, 5.41) is 13.8. The van der Waals surface area contributed by atoms with Gasteiger partial charge in [0.1, 0.15) is 5.76 Å². The molecule has 7 heteroatoms. The first-order valence-electron chi connectivity index (χ1n) is 11.1. The Labute approximate surface area is 178 Å². The fourth-order valence-electron chi connectivity index (χ4n) is 6.38. The third kappa shape index (κ3) is 3.93. The number of rotatable bonds is 6. The van der Waals surface area contributed by atoms with Crippen molar-refractivity contribution < 1.29 is 28.5 Å². The molecule has 2 aliphatic carbocycles. The Kier molecular flexibility index (Phi) is 6.26. The number of carbonyl (C=O) groups excluding carboxylic acids is 1. The van der Waals surface area contributed by atoms with Crippen molar-refractivity contribution in [3.63, 3.8) is 0 Å². The fraction of sp³-hybridized carbons (Fsp3) is 0.783. The minimum Gasteiger partial charge on any atom is -0.467 e. The minimum atomic E-state index is -0.465. The highest BCUT2D eigenvalue weighted by Gasteiger charge is 2.61. The quantitative estimate of drug-likeness (QED) is 0.734. The van der Waals surface area contributed by atoms with Crippen molar-refractivity contribution in [2.75, 3.05) is 20.3 Å². The van der Waals surface area contributed by atoms with Gasteiger partial charge in [-0.3, -0.25) is 4.79 Å². The van der Waals surface area contributed by atoms with Gasteiger partial charge in [-0.15, -0.1) is 0 Å². The molecule has 2 saturated carbocycles. The van der Waals surface area contributed by atoms with Crippen molar-refractivity contribution in [1.29, 1.82) is 0 Å². The van der Waals surface area contributed by atoms with E-state index in [1.54, 1.807) is 13.4 Å². The summed E-state index contributed by atoms with van der Waals surface area (Å²) in [7, 11) is 1.66. The van der Waals surface area contributed by atoms with E-state index >= 15 is 0 Å². The number of methoxy groups -OCH3 is 1. The third-order valence-corrected chi connectivity index (χ3v) is 7.98. The average Bonchev–Trinajstić information content (AvgIpc) is 3.23. The highest BCUT2D eigenvalue weighted by atomic mass is 16.7. The summed E-state index contributed by atoms with van der Waals surface area (Å²) in [5.74, 6) is 0.938. The van der Waals surface area contributed by atoms with Gasteiger partial charge in [0.05, 0.1) is 38.2 Å². The number of amides is 1. The summed E-state index contributed by atoms with van der Waals surface area (Å²) in [4.78, 5) is 12.7. The lowest BCUT2D eigenvalue weighted by Crippen LogP contribution is -2.63. The first kappa shape index (κ1) is 21.8. The van der Waals surface area contributed by atoms with Gasteiger partial charge in [0.15, 0.2) is 6.29 Å². The molecule has 7 unspecified atom stereocenters. The van der Waals surface area contributed by atoms with Crippen molar-refractivity contribution in [3.8, 4) is 0 Å². The summed E-state index contributed by atoms with van der Waals surface area (Å²) in [5.41, 5.74) is -0.258. The molecule has 168 valence electrons. The lowest BCUT2D eigenvalue weighted by Gasteiger charge is -2.62. The molecule has 0 bridgehead atoms. The molecule has 4 rings (SSSR count). The number of aliphatic hydroxyl groups excluding tert-OH is 1. The molecular formula is C23H35NO6. The van der Waals surface area contributed by atoms with E-state index in [-0.39, 0.29) is 35.0 Å². The van der Waals surface area contributed by atoms with Gasteiger partial charge in [0.2, 0.25) is 5.91 Å². The van der Waals surface area contributed by atoms with E-state index in [1.807, 2.05) is 12.1 Å². The van der Waals surface area contributed by atoms with Crippen LogP contribution in [-0.4, -0.2) is 49.8 Å². The van der Waals surface area contributed by atoms with Crippen molar-refractivity contribution in [3.05, 3.63) is 24.2 Å². The van der Waals surface area contributed by atoms with E-state index in [0.717, 1.165) is 25.0 Å². The zero-order valence-corrected chi connectivity index (χ0v) is 18.3. The predicted octanol–water partition coefficient (Wildman–Crippen LogP) is 2.87. The maximum Gasteiger partial charge on any atom is 0.220 e. The Morgan fingerprint density at radius 3 is 2.87 bits per heavy atom. The number of nitrogens with one attached hydrogen (secondary N) is 1. The molecule has 2 N–H and O–H groups in total. The second-order valence-electron chi connectivity index (χ2n) is 9.73. The van der Waals surface area contributed by atoms with Crippen LogP contribution in [0.15, 0.2) is 22.8 Å². The van der Waals surface area contributed by atoms with Crippen LogP contribution in [0.5, 0.6) is 0 Å². The van der Waals surface area contributed by atoms with Crippen LogP contribution >= 0.6 is 0 Å². The van der Waals surface area contributed by atoms with Crippen LogP contribution in [0.4, 0.5) is 0 Å². The Morgan fingerprint density at radius 1 is 1.30 bits per heavy atom. The van der Waals surface area contributed by atoms with Crippen molar-refractivity contribution in [2.24, 2.45) is 22.7 Å². The molecular weight excluding hydrogens is 386 g/mol. The number of hydrogen-bond donors (Lipinski definition) is 2. The summed E-state index contributed by atoms with van der Waals surface area (Å²) in [6, 6.07) is 3.65. The molecule has 0 radical (unpaired) electrons. The molecule has 1 aliphatic heterocycles. The highest BCUT2D eigenvalue weighted by molar-refractivity contribution is 5.76. The van der Waals surface area contributed by atoms with E-state index in [4.69, 9.17) is 18.6 Å².